The average molecular weight is 480 g/mol. The minimum Gasteiger partial charge on any atom is -0.487 e. The molecule has 1 N–H and O–H groups in total. The summed E-state index contributed by atoms with van der Waals surface area (Å²) in [5.74, 6) is -2.90. The van der Waals surface area contributed by atoms with Crippen molar-refractivity contribution < 1.29 is 21.9 Å². The number of ether oxygens (including phenoxy) is 1. The highest BCUT2D eigenvalue weighted by Gasteiger charge is 2.42. The van der Waals surface area contributed by atoms with E-state index in [1.165, 1.54) is 12.3 Å². The Bertz CT molecular complexity index is 1120. The fourth-order valence-corrected chi connectivity index (χ4v) is 5.21. The van der Waals surface area contributed by atoms with Crippen molar-refractivity contribution in [2.24, 2.45) is 11.0 Å². The number of hydrazone groups is 1. The largest absolute Gasteiger partial charge is 0.487 e. The number of halogens is 2. The van der Waals surface area contributed by atoms with Crippen molar-refractivity contribution in [3.63, 3.8) is 0 Å². The summed E-state index contributed by atoms with van der Waals surface area (Å²) >= 11 is 0. The first-order valence-electron chi connectivity index (χ1n) is 10.5. The zero-order chi connectivity index (χ0) is 24.2. The molecule has 2 aromatic rings. The van der Waals surface area contributed by atoms with E-state index in [4.69, 9.17) is 4.74 Å². The summed E-state index contributed by atoms with van der Waals surface area (Å²) in [7, 11) is -2.79. The second-order valence-corrected chi connectivity index (χ2v) is 9.64. The molecule has 2 atom stereocenters. The van der Waals surface area contributed by atoms with Gasteiger partial charge in [-0.15, -0.1) is 0 Å². The van der Waals surface area contributed by atoms with E-state index in [2.05, 4.69) is 21.6 Å². The van der Waals surface area contributed by atoms with Crippen molar-refractivity contribution in [3.8, 4) is 5.75 Å². The summed E-state index contributed by atoms with van der Waals surface area (Å²) in [5, 5.41) is 5.88. The molecule has 33 heavy (non-hydrogen) atoms. The summed E-state index contributed by atoms with van der Waals surface area (Å²) in [6.07, 6.45) is 7.30. The van der Waals surface area contributed by atoms with Crippen LogP contribution in [0.25, 0.3) is 0 Å². The Morgan fingerprint density at radius 3 is 2.67 bits per heavy atom. The Morgan fingerprint density at radius 1 is 1.36 bits per heavy atom. The summed E-state index contributed by atoms with van der Waals surface area (Å²) in [6, 6.07) is 3.03. The van der Waals surface area contributed by atoms with E-state index in [1.807, 2.05) is 11.6 Å². The van der Waals surface area contributed by atoms with Crippen LogP contribution in [0.5, 0.6) is 5.75 Å². The molecule has 0 radical (unpaired) electrons. The number of sulfonamides is 1. The molecule has 0 aliphatic heterocycles. The van der Waals surface area contributed by atoms with Gasteiger partial charge >= 0.3 is 0 Å². The molecule has 1 fully saturated rings. The van der Waals surface area contributed by atoms with Crippen LogP contribution in [-0.4, -0.2) is 42.3 Å². The molecule has 3 rings (SSSR count). The highest BCUT2D eigenvalue weighted by Crippen LogP contribution is 2.42. The van der Waals surface area contributed by atoms with Gasteiger partial charge in [-0.05, 0) is 39.2 Å². The molecule has 1 heterocycles. The van der Waals surface area contributed by atoms with Crippen LogP contribution in [0.2, 0.25) is 0 Å². The van der Waals surface area contributed by atoms with Crippen LogP contribution in [0.15, 0.2) is 53.0 Å². The standard InChI is InChI=1S/C22H27F2N5O3S/c1-5-27-29(4)15(2)17-8-6-7-10-22(17,3)32-16-12-18(23)21(19(24)13-16)33(30,31)28-20-9-11-25-14-26-20/h5,9,11-14,17H,2,6-8,10H2,1,3-4H3,(H,25,26,28)/b27-5-/t17-,22+/m1/s1. The van der Waals surface area contributed by atoms with Crippen LogP contribution in [0.4, 0.5) is 14.6 Å². The Kier molecular flexibility index (Phi) is 7.31. The lowest BCUT2D eigenvalue weighted by Crippen LogP contribution is -2.46. The SMILES string of the molecule is C=C([C@H]1CCCC[C@]1(C)Oc1cc(F)c(S(=O)(=O)Nc2ccncn2)c(F)c1)N(C)/N=C\C. The summed E-state index contributed by atoms with van der Waals surface area (Å²) < 4.78 is 63.0. The number of hydrogen-bond acceptors (Lipinski definition) is 7. The first-order valence-corrected chi connectivity index (χ1v) is 11.9. The van der Waals surface area contributed by atoms with E-state index in [0.29, 0.717) is 6.42 Å². The Hall–Kier alpha value is -3.08. The van der Waals surface area contributed by atoms with Crippen molar-refractivity contribution in [2.75, 3.05) is 11.8 Å². The lowest BCUT2D eigenvalue weighted by Gasteiger charge is -2.43. The van der Waals surface area contributed by atoms with Crippen molar-refractivity contribution in [1.29, 1.82) is 0 Å². The van der Waals surface area contributed by atoms with E-state index in [-0.39, 0.29) is 17.5 Å². The third-order valence-corrected chi connectivity index (χ3v) is 7.08. The number of nitrogens with zero attached hydrogens (tertiary/aromatic N) is 4. The molecule has 1 aliphatic carbocycles. The van der Waals surface area contributed by atoms with Gasteiger partial charge in [0.15, 0.2) is 4.90 Å². The van der Waals surface area contributed by atoms with Gasteiger partial charge in [-0.3, -0.25) is 9.73 Å². The van der Waals surface area contributed by atoms with E-state index >= 15 is 0 Å². The van der Waals surface area contributed by atoms with Gasteiger partial charge in [-0.1, -0.05) is 13.0 Å². The molecular formula is C22H27F2N5O3S. The van der Waals surface area contributed by atoms with Gasteiger partial charge < -0.3 is 4.74 Å². The Labute approximate surface area is 192 Å². The fourth-order valence-electron chi connectivity index (χ4n) is 4.08. The van der Waals surface area contributed by atoms with E-state index in [1.54, 1.807) is 25.2 Å². The maximum absolute atomic E-state index is 14.9. The zero-order valence-corrected chi connectivity index (χ0v) is 19.6. The third kappa shape index (κ3) is 5.47. The van der Waals surface area contributed by atoms with Crippen LogP contribution < -0.4 is 9.46 Å². The number of hydrogen-bond donors (Lipinski definition) is 1. The molecule has 0 bridgehead atoms. The number of anilines is 1. The molecule has 0 amide bonds. The maximum Gasteiger partial charge on any atom is 0.268 e. The van der Waals surface area contributed by atoms with Crippen LogP contribution >= 0.6 is 0 Å². The van der Waals surface area contributed by atoms with E-state index in [0.717, 1.165) is 43.4 Å². The van der Waals surface area contributed by atoms with Gasteiger partial charge in [0.2, 0.25) is 0 Å². The molecule has 0 unspecified atom stereocenters. The number of benzene rings is 1. The molecule has 1 aromatic carbocycles. The van der Waals surface area contributed by atoms with Crippen LogP contribution in [0.1, 0.15) is 39.5 Å². The predicted octanol–water partition coefficient (Wildman–Crippen LogP) is 4.33. The van der Waals surface area contributed by atoms with Crippen molar-refractivity contribution in [1.82, 2.24) is 15.0 Å². The number of aromatic nitrogens is 2. The average Bonchev–Trinajstić information content (AvgIpc) is 2.73. The van der Waals surface area contributed by atoms with Gasteiger partial charge in [0, 0.05) is 43.2 Å². The summed E-state index contributed by atoms with van der Waals surface area (Å²) in [6.45, 7) is 7.80. The van der Waals surface area contributed by atoms with Gasteiger partial charge in [-0.2, -0.15) is 5.10 Å². The van der Waals surface area contributed by atoms with Gasteiger partial charge in [0.25, 0.3) is 10.0 Å². The van der Waals surface area contributed by atoms with Crippen LogP contribution in [-0.2, 0) is 10.0 Å². The molecule has 1 aromatic heterocycles. The first-order chi connectivity index (χ1) is 15.6. The van der Waals surface area contributed by atoms with E-state index < -0.39 is 32.2 Å². The van der Waals surface area contributed by atoms with Crippen molar-refractivity contribution >= 4 is 22.1 Å². The number of rotatable bonds is 8. The molecular weight excluding hydrogens is 452 g/mol. The molecule has 0 saturated heterocycles. The van der Waals surface area contributed by atoms with Crippen LogP contribution in [0.3, 0.4) is 0 Å². The molecule has 1 aliphatic rings. The highest BCUT2D eigenvalue weighted by atomic mass is 32.2. The van der Waals surface area contributed by atoms with Gasteiger partial charge in [-0.25, -0.2) is 27.2 Å². The molecule has 178 valence electrons. The zero-order valence-electron chi connectivity index (χ0n) is 18.8. The topological polar surface area (TPSA) is 96.8 Å². The van der Waals surface area contributed by atoms with E-state index in [9.17, 15) is 17.2 Å². The maximum atomic E-state index is 14.9. The van der Waals surface area contributed by atoms with Crippen molar-refractivity contribution in [2.45, 2.75) is 50.0 Å². The fraction of sp³-hybridized carbons (Fsp3) is 0.409. The summed E-state index contributed by atoms with van der Waals surface area (Å²) in [5.41, 5.74) is -0.0739. The van der Waals surface area contributed by atoms with Crippen molar-refractivity contribution in [3.05, 3.63) is 54.6 Å². The minimum absolute atomic E-state index is 0.102. The first kappa shape index (κ1) is 24.6. The lowest BCUT2D eigenvalue weighted by atomic mass is 9.74. The molecule has 8 nitrogen and oxygen atoms in total. The van der Waals surface area contributed by atoms with Gasteiger partial charge in [0.05, 0.1) is 0 Å². The quantitative estimate of drug-likeness (QED) is 0.447. The van der Waals surface area contributed by atoms with Gasteiger partial charge in [0.1, 0.15) is 35.1 Å². The third-order valence-electron chi connectivity index (χ3n) is 5.67. The Balaban J connectivity index is 1.89. The highest BCUT2D eigenvalue weighted by molar-refractivity contribution is 7.92. The minimum atomic E-state index is -4.56. The normalized spacial score (nSPS) is 21.1. The molecule has 1 saturated carbocycles. The predicted molar refractivity (Wildman–Crippen MR) is 121 cm³/mol. The number of nitrogens with one attached hydrogen (secondary N) is 1. The monoisotopic (exact) mass is 479 g/mol. The molecule has 11 heteroatoms. The van der Waals surface area contributed by atoms with Crippen LogP contribution in [0, 0.1) is 17.6 Å². The lowest BCUT2D eigenvalue weighted by molar-refractivity contribution is -0.00164. The second-order valence-electron chi connectivity index (χ2n) is 8.02. The summed E-state index contributed by atoms with van der Waals surface area (Å²) in [4.78, 5) is 6.27. The Morgan fingerprint density at radius 2 is 2.06 bits per heavy atom. The second kappa shape index (κ2) is 9.82. The smallest absolute Gasteiger partial charge is 0.268 e. The molecule has 0 spiro atoms.